The van der Waals surface area contributed by atoms with Crippen molar-refractivity contribution < 1.29 is 28.2 Å². The van der Waals surface area contributed by atoms with E-state index in [1.54, 1.807) is 12.1 Å². The normalized spacial score (nSPS) is 12.2. The summed E-state index contributed by atoms with van der Waals surface area (Å²) in [7, 11) is 1.53. The highest BCUT2D eigenvalue weighted by Crippen LogP contribution is 2.25. The zero-order valence-corrected chi connectivity index (χ0v) is 21.5. The van der Waals surface area contributed by atoms with Gasteiger partial charge in [0.05, 0.1) is 11.1 Å². The van der Waals surface area contributed by atoms with Gasteiger partial charge in [-0.05, 0) is 53.1 Å². The fourth-order valence-corrected chi connectivity index (χ4v) is 3.84. The zero-order valence-electron chi connectivity index (χ0n) is 20.7. The van der Waals surface area contributed by atoms with Crippen LogP contribution in [0.5, 0.6) is 0 Å². The molecule has 0 aliphatic carbocycles. The number of pyridine rings is 1. The number of nitrogens with one attached hydrogen (secondary N) is 2. The Kier molecular flexibility index (Phi) is 9.23. The van der Waals surface area contributed by atoms with Crippen LogP contribution >= 0.6 is 11.6 Å². The fourth-order valence-electron chi connectivity index (χ4n) is 3.65. The van der Waals surface area contributed by atoms with E-state index in [0.29, 0.717) is 22.8 Å². The van der Waals surface area contributed by atoms with Gasteiger partial charge < -0.3 is 20.1 Å². The topological polar surface area (TPSA) is 104 Å². The smallest absolute Gasteiger partial charge is 0.412 e. The molecule has 1 heterocycles. The average molecular weight is 535 g/mol. The Labute approximate surface area is 218 Å². The summed E-state index contributed by atoms with van der Waals surface area (Å²) in [6, 6.07) is 8.95. The molecule has 37 heavy (non-hydrogen) atoms. The van der Waals surface area contributed by atoms with Crippen LogP contribution in [0, 0.1) is 17.0 Å². The largest absolute Gasteiger partial charge is 0.447 e. The molecule has 0 saturated heterocycles. The van der Waals surface area contributed by atoms with Crippen molar-refractivity contribution in [2.45, 2.75) is 32.9 Å². The molecule has 2 aromatic carbocycles. The first-order valence-electron chi connectivity index (χ1n) is 11.5. The molecule has 3 rings (SSSR count). The second kappa shape index (κ2) is 12.2. The highest BCUT2D eigenvalue weighted by Gasteiger charge is 2.29. The lowest BCUT2D eigenvalue weighted by Crippen LogP contribution is -2.48. The number of hydrogen-bond acceptors (Lipinski definition) is 5. The summed E-state index contributed by atoms with van der Waals surface area (Å²) in [6.07, 6.45) is 1.00. The van der Waals surface area contributed by atoms with Gasteiger partial charge in [0.25, 0.3) is 0 Å². The number of aliphatic hydroxyl groups is 1. The van der Waals surface area contributed by atoms with E-state index in [-0.39, 0.29) is 30.6 Å². The van der Waals surface area contributed by atoms with Gasteiger partial charge in [-0.2, -0.15) is 0 Å². The quantitative estimate of drug-likeness (QED) is 0.344. The van der Waals surface area contributed by atoms with Crippen molar-refractivity contribution in [3.8, 4) is 0 Å². The maximum absolute atomic E-state index is 13.7. The van der Waals surface area contributed by atoms with Crippen molar-refractivity contribution >= 4 is 40.3 Å². The minimum atomic E-state index is -0.810. The van der Waals surface area contributed by atoms with Crippen LogP contribution in [-0.2, 0) is 11.3 Å². The van der Waals surface area contributed by atoms with Crippen molar-refractivity contribution in [3.63, 3.8) is 0 Å². The summed E-state index contributed by atoms with van der Waals surface area (Å²) < 4.78 is 32.6. The molecular weight excluding hydrogens is 506 g/mol. The summed E-state index contributed by atoms with van der Waals surface area (Å²) in [6.45, 7) is 3.29. The number of nitrogens with zero attached hydrogens (tertiary/aromatic N) is 2. The molecular formula is C26H29ClF2N4O4. The van der Waals surface area contributed by atoms with Gasteiger partial charge in [-0.25, -0.2) is 23.4 Å². The highest BCUT2D eigenvalue weighted by atomic mass is 35.5. The molecule has 0 saturated carbocycles. The molecule has 8 nitrogen and oxygen atoms in total. The molecule has 11 heteroatoms. The van der Waals surface area contributed by atoms with E-state index in [9.17, 15) is 23.5 Å². The number of fused-ring (bicyclic) bond motifs is 1. The number of aromatic nitrogens is 1. The standard InChI is InChI=1S/C26H29ClF2N4O4/c1-26(2,15-34)11-20(33(3)24(35)31-13-17-5-4-6-21(29)23(17)27)14-37-25(36)32-22-10-18-9-19(28)8-7-16(18)12-30-22/h4-10,12,20,34H,11,13-15H2,1-3H3,(H,31,35)(H,30,32,36)/t20-/m1/s1. The van der Waals surface area contributed by atoms with Crippen LogP contribution in [0.4, 0.5) is 24.2 Å². The van der Waals surface area contributed by atoms with Gasteiger partial charge in [-0.3, -0.25) is 5.32 Å². The van der Waals surface area contributed by atoms with Crippen molar-refractivity contribution in [3.05, 3.63) is 70.9 Å². The number of rotatable bonds is 9. The molecule has 0 radical (unpaired) electrons. The molecule has 3 N–H and O–H groups in total. The molecule has 1 aromatic heterocycles. The van der Waals surface area contributed by atoms with Crippen LogP contribution in [0.15, 0.2) is 48.7 Å². The predicted octanol–water partition coefficient (Wildman–Crippen LogP) is 5.33. The molecule has 0 unspecified atom stereocenters. The summed E-state index contributed by atoms with van der Waals surface area (Å²) in [5, 5.41) is 16.1. The summed E-state index contributed by atoms with van der Waals surface area (Å²) in [5.74, 6) is -0.828. The first kappa shape index (κ1) is 28.1. The number of ether oxygens (including phenoxy) is 1. The Morgan fingerprint density at radius 2 is 1.95 bits per heavy atom. The van der Waals surface area contributed by atoms with Crippen LogP contribution < -0.4 is 10.6 Å². The van der Waals surface area contributed by atoms with Crippen LogP contribution in [0.3, 0.4) is 0 Å². The lowest BCUT2D eigenvalue weighted by Gasteiger charge is -2.33. The van der Waals surface area contributed by atoms with Crippen LogP contribution in [0.25, 0.3) is 10.8 Å². The number of amides is 3. The predicted molar refractivity (Wildman–Crippen MR) is 137 cm³/mol. The van der Waals surface area contributed by atoms with Gasteiger partial charge in [0, 0.05) is 31.8 Å². The average Bonchev–Trinajstić information content (AvgIpc) is 2.86. The van der Waals surface area contributed by atoms with Gasteiger partial charge >= 0.3 is 12.1 Å². The minimum absolute atomic E-state index is 0.00848. The number of hydrogen-bond donors (Lipinski definition) is 3. The maximum Gasteiger partial charge on any atom is 0.412 e. The van der Waals surface area contributed by atoms with E-state index >= 15 is 0 Å². The third-order valence-electron chi connectivity index (χ3n) is 5.87. The summed E-state index contributed by atoms with van der Waals surface area (Å²) in [4.78, 5) is 30.8. The second-order valence-electron chi connectivity index (χ2n) is 9.45. The molecule has 0 fully saturated rings. The number of urea groups is 1. The lowest BCUT2D eigenvalue weighted by molar-refractivity contribution is 0.0736. The Hall–Kier alpha value is -3.50. The van der Waals surface area contributed by atoms with Gasteiger partial charge in [0.1, 0.15) is 24.1 Å². The number of carbonyl (C=O) groups excluding carboxylic acids is 2. The van der Waals surface area contributed by atoms with Crippen LogP contribution in [0.2, 0.25) is 5.02 Å². The van der Waals surface area contributed by atoms with Crippen LogP contribution in [0.1, 0.15) is 25.8 Å². The zero-order chi connectivity index (χ0) is 27.2. The summed E-state index contributed by atoms with van der Waals surface area (Å²) >= 11 is 5.96. The molecule has 1 atom stereocenters. The Balaban J connectivity index is 1.64. The summed E-state index contributed by atoms with van der Waals surface area (Å²) in [5.41, 5.74) is -0.163. The Morgan fingerprint density at radius 3 is 2.68 bits per heavy atom. The van der Waals surface area contributed by atoms with Crippen molar-refractivity contribution in [1.82, 2.24) is 15.2 Å². The molecule has 0 spiro atoms. The molecule has 0 bridgehead atoms. The lowest BCUT2D eigenvalue weighted by atomic mass is 9.86. The van der Waals surface area contributed by atoms with E-state index < -0.39 is 35.2 Å². The first-order chi connectivity index (χ1) is 17.5. The van der Waals surface area contributed by atoms with E-state index in [4.69, 9.17) is 16.3 Å². The second-order valence-corrected chi connectivity index (χ2v) is 9.83. The monoisotopic (exact) mass is 534 g/mol. The molecule has 3 aromatic rings. The first-order valence-corrected chi connectivity index (χ1v) is 11.9. The number of likely N-dealkylation sites (N-methyl/N-ethyl adjacent to an activating group) is 1. The SMILES string of the molecule is CN(C(=O)NCc1cccc(F)c1Cl)[C@@H](COC(=O)Nc1cc2cc(F)ccc2cn1)CC(C)(C)CO. The van der Waals surface area contributed by atoms with E-state index in [2.05, 4.69) is 15.6 Å². The highest BCUT2D eigenvalue weighted by molar-refractivity contribution is 6.31. The van der Waals surface area contributed by atoms with Gasteiger partial charge in [-0.1, -0.05) is 37.6 Å². The minimum Gasteiger partial charge on any atom is -0.447 e. The third kappa shape index (κ3) is 7.74. The van der Waals surface area contributed by atoms with E-state index in [0.717, 1.165) is 0 Å². The maximum atomic E-state index is 13.7. The molecule has 198 valence electrons. The van der Waals surface area contributed by atoms with Gasteiger partial charge in [0.15, 0.2) is 0 Å². The number of aliphatic hydroxyl groups excluding tert-OH is 1. The number of halogens is 3. The molecule has 0 aliphatic rings. The third-order valence-corrected chi connectivity index (χ3v) is 6.29. The van der Waals surface area contributed by atoms with Crippen molar-refractivity contribution in [2.24, 2.45) is 5.41 Å². The number of benzene rings is 2. The number of anilines is 1. The van der Waals surface area contributed by atoms with E-state index in [1.807, 2.05) is 13.8 Å². The van der Waals surface area contributed by atoms with Crippen molar-refractivity contribution in [1.29, 1.82) is 0 Å². The molecule has 3 amide bonds. The molecule has 0 aliphatic heterocycles. The Bertz CT molecular complexity index is 1270. The van der Waals surface area contributed by atoms with E-state index in [1.165, 1.54) is 48.5 Å². The van der Waals surface area contributed by atoms with Crippen molar-refractivity contribution in [2.75, 3.05) is 25.6 Å². The number of carbonyl (C=O) groups is 2. The van der Waals surface area contributed by atoms with Gasteiger partial charge in [0.2, 0.25) is 0 Å². The van der Waals surface area contributed by atoms with Crippen LogP contribution in [-0.4, -0.2) is 53.4 Å². The Morgan fingerprint density at radius 1 is 1.19 bits per heavy atom. The van der Waals surface area contributed by atoms with Gasteiger partial charge in [-0.15, -0.1) is 0 Å². The fraction of sp³-hybridized carbons (Fsp3) is 0.346.